The second-order valence-electron chi connectivity index (χ2n) is 6.18. The third-order valence-corrected chi connectivity index (χ3v) is 4.14. The van der Waals surface area contributed by atoms with E-state index in [4.69, 9.17) is 0 Å². The largest absolute Gasteiger partial charge is 0.339 e. The average molecular weight is 371 g/mol. The molecule has 0 atom stereocenters. The van der Waals surface area contributed by atoms with E-state index in [2.05, 4.69) is 32.6 Å². The standard InChI is InChI=1S/C22H18FN5/c23-18-10-7-11-19(14-18)25-21-15-24-27-22(26-21)28(20-12-5-2-6-13-20)16-17-8-3-1-4-9-17/h1-15H,16H2,(H,25,26,27). The molecule has 4 rings (SSSR count). The van der Waals surface area contributed by atoms with Crippen LogP contribution in [0.2, 0.25) is 0 Å². The summed E-state index contributed by atoms with van der Waals surface area (Å²) in [7, 11) is 0. The first-order chi connectivity index (χ1) is 13.8. The maximum Gasteiger partial charge on any atom is 0.252 e. The van der Waals surface area contributed by atoms with Crippen LogP contribution in [0.15, 0.2) is 91.1 Å². The summed E-state index contributed by atoms with van der Waals surface area (Å²) in [6.45, 7) is 0.593. The van der Waals surface area contributed by atoms with Gasteiger partial charge in [0.15, 0.2) is 5.82 Å². The van der Waals surface area contributed by atoms with Crippen LogP contribution in [0.25, 0.3) is 0 Å². The molecule has 0 saturated heterocycles. The fraction of sp³-hybridized carbons (Fsp3) is 0.0455. The van der Waals surface area contributed by atoms with E-state index in [1.807, 2.05) is 53.4 Å². The summed E-state index contributed by atoms with van der Waals surface area (Å²) in [6.07, 6.45) is 1.51. The van der Waals surface area contributed by atoms with E-state index < -0.39 is 0 Å². The number of anilines is 4. The van der Waals surface area contributed by atoms with Crippen molar-refractivity contribution < 1.29 is 4.39 Å². The van der Waals surface area contributed by atoms with Crippen molar-refractivity contribution in [3.63, 3.8) is 0 Å². The van der Waals surface area contributed by atoms with Crippen molar-refractivity contribution in [2.75, 3.05) is 10.2 Å². The molecule has 0 spiro atoms. The van der Waals surface area contributed by atoms with Gasteiger partial charge in [-0.1, -0.05) is 54.6 Å². The van der Waals surface area contributed by atoms with Crippen molar-refractivity contribution >= 4 is 23.1 Å². The van der Waals surface area contributed by atoms with E-state index in [9.17, 15) is 4.39 Å². The van der Waals surface area contributed by atoms with Crippen molar-refractivity contribution in [3.05, 3.63) is 103 Å². The average Bonchev–Trinajstić information content (AvgIpc) is 2.74. The Morgan fingerprint density at radius 1 is 0.857 bits per heavy atom. The molecular formula is C22H18FN5. The summed E-state index contributed by atoms with van der Waals surface area (Å²) in [5.41, 5.74) is 2.68. The first-order valence-corrected chi connectivity index (χ1v) is 8.87. The molecule has 0 saturated carbocycles. The fourth-order valence-corrected chi connectivity index (χ4v) is 2.83. The highest BCUT2D eigenvalue weighted by molar-refractivity contribution is 5.60. The first kappa shape index (κ1) is 17.6. The first-order valence-electron chi connectivity index (χ1n) is 8.87. The van der Waals surface area contributed by atoms with Crippen LogP contribution in [0.3, 0.4) is 0 Å². The molecular weight excluding hydrogens is 353 g/mol. The monoisotopic (exact) mass is 371 g/mol. The molecule has 0 amide bonds. The van der Waals surface area contributed by atoms with Gasteiger partial charge in [0.2, 0.25) is 0 Å². The third-order valence-electron chi connectivity index (χ3n) is 4.14. The lowest BCUT2D eigenvalue weighted by Crippen LogP contribution is -2.20. The smallest absolute Gasteiger partial charge is 0.252 e. The molecule has 0 bridgehead atoms. The van der Waals surface area contributed by atoms with E-state index >= 15 is 0 Å². The SMILES string of the molecule is Fc1cccc(Nc2cnnc(N(Cc3ccccc3)c3ccccc3)n2)c1. The number of benzene rings is 3. The van der Waals surface area contributed by atoms with Crippen LogP contribution in [0.4, 0.5) is 27.5 Å². The molecule has 0 fully saturated rings. The highest BCUT2D eigenvalue weighted by atomic mass is 19.1. The van der Waals surface area contributed by atoms with Crippen LogP contribution < -0.4 is 10.2 Å². The normalized spacial score (nSPS) is 10.5. The summed E-state index contributed by atoms with van der Waals surface area (Å²) >= 11 is 0. The number of hydrogen-bond acceptors (Lipinski definition) is 5. The van der Waals surface area contributed by atoms with Crippen LogP contribution in [0, 0.1) is 5.82 Å². The molecule has 28 heavy (non-hydrogen) atoms. The van der Waals surface area contributed by atoms with Crippen molar-refractivity contribution in [1.82, 2.24) is 15.2 Å². The topological polar surface area (TPSA) is 53.9 Å². The van der Waals surface area contributed by atoms with Crippen molar-refractivity contribution in [2.24, 2.45) is 0 Å². The van der Waals surface area contributed by atoms with Gasteiger partial charge in [-0.15, -0.1) is 5.10 Å². The Morgan fingerprint density at radius 2 is 1.61 bits per heavy atom. The Bertz CT molecular complexity index is 1040. The van der Waals surface area contributed by atoms with Crippen molar-refractivity contribution in [2.45, 2.75) is 6.54 Å². The molecule has 1 N–H and O–H groups in total. The van der Waals surface area contributed by atoms with Gasteiger partial charge in [-0.05, 0) is 35.9 Å². The van der Waals surface area contributed by atoms with Crippen LogP contribution in [0.1, 0.15) is 5.56 Å². The van der Waals surface area contributed by atoms with Crippen LogP contribution in [0.5, 0.6) is 0 Å². The molecule has 0 radical (unpaired) electrons. The summed E-state index contributed by atoms with van der Waals surface area (Å²) in [5.74, 6) is 0.628. The fourth-order valence-electron chi connectivity index (χ4n) is 2.83. The maximum absolute atomic E-state index is 13.4. The van der Waals surface area contributed by atoms with Crippen molar-refractivity contribution in [1.29, 1.82) is 0 Å². The van der Waals surface area contributed by atoms with Gasteiger partial charge in [-0.3, -0.25) is 0 Å². The molecule has 6 heteroatoms. The van der Waals surface area contributed by atoms with E-state index in [0.29, 0.717) is 24.0 Å². The Morgan fingerprint density at radius 3 is 2.36 bits per heavy atom. The van der Waals surface area contributed by atoms with E-state index in [-0.39, 0.29) is 5.82 Å². The molecule has 0 aliphatic carbocycles. The molecule has 0 aliphatic rings. The second-order valence-corrected chi connectivity index (χ2v) is 6.18. The molecule has 5 nitrogen and oxygen atoms in total. The summed E-state index contributed by atoms with van der Waals surface area (Å²) < 4.78 is 13.4. The number of halogens is 1. The molecule has 3 aromatic carbocycles. The van der Waals surface area contributed by atoms with Crippen LogP contribution >= 0.6 is 0 Å². The predicted molar refractivity (Wildman–Crippen MR) is 108 cm³/mol. The van der Waals surface area contributed by atoms with Gasteiger partial charge in [-0.25, -0.2) is 4.39 Å². The minimum Gasteiger partial charge on any atom is -0.339 e. The number of aromatic nitrogens is 3. The summed E-state index contributed by atoms with van der Waals surface area (Å²) in [5, 5.41) is 11.4. The highest BCUT2D eigenvalue weighted by Crippen LogP contribution is 2.25. The zero-order chi connectivity index (χ0) is 19.2. The van der Waals surface area contributed by atoms with Crippen LogP contribution in [-0.2, 0) is 6.54 Å². The van der Waals surface area contributed by atoms with Crippen molar-refractivity contribution in [3.8, 4) is 0 Å². The molecule has 4 aromatic rings. The predicted octanol–water partition coefficient (Wildman–Crippen LogP) is 5.09. The van der Waals surface area contributed by atoms with E-state index in [1.165, 1.54) is 18.3 Å². The summed E-state index contributed by atoms with van der Waals surface area (Å²) in [4.78, 5) is 6.57. The lowest BCUT2D eigenvalue weighted by Gasteiger charge is -2.22. The van der Waals surface area contributed by atoms with Gasteiger partial charge in [0.25, 0.3) is 5.95 Å². The minimum absolute atomic E-state index is 0.317. The van der Waals surface area contributed by atoms with Gasteiger partial charge in [-0.2, -0.15) is 10.1 Å². The number of nitrogens with zero attached hydrogens (tertiary/aromatic N) is 4. The van der Waals surface area contributed by atoms with E-state index in [1.54, 1.807) is 12.1 Å². The Hall–Kier alpha value is -3.80. The molecule has 1 aromatic heterocycles. The zero-order valence-corrected chi connectivity index (χ0v) is 15.0. The lowest BCUT2D eigenvalue weighted by molar-refractivity contribution is 0.628. The Labute approximate surface area is 162 Å². The summed E-state index contributed by atoms with van der Waals surface area (Å²) in [6, 6.07) is 26.2. The maximum atomic E-state index is 13.4. The molecule has 0 aliphatic heterocycles. The molecule has 0 unspecified atom stereocenters. The number of hydrogen-bond donors (Lipinski definition) is 1. The molecule has 138 valence electrons. The van der Waals surface area contributed by atoms with E-state index in [0.717, 1.165) is 11.3 Å². The number of rotatable bonds is 6. The number of para-hydroxylation sites is 1. The lowest BCUT2D eigenvalue weighted by atomic mass is 10.2. The van der Waals surface area contributed by atoms with Gasteiger partial charge in [0.1, 0.15) is 5.82 Å². The van der Waals surface area contributed by atoms with Gasteiger partial charge >= 0.3 is 0 Å². The third kappa shape index (κ3) is 4.29. The number of nitrogens with one attached hydrogen (secondary N) is 1. The van der Waals surface area contributed by atoms with Gasteiger partial charge in [0.05, 0.1) is 12.7 Å². The second kappa shape index (κ2) is 8.26. The van der Waals surface area contributed by atoms with Gasteiger partial charge < -0.3 is 10.2 Å². The minimum atomic E-state index is -0.317. The van der Waals surface area contributed by atoms with Crippen LogP contribution in [-0.4, -0.2) is 15.2 Å². The molecule has 1 heterocycles. The highest BCUT2D eigenvalue weighted by Gasteiger charge is 2.14. The zero-order valence-electron chi connectivity index (χ0n) is 15.0. The van der Waals surface area contributed by atoms with Gasteiger partial charge in [0, 0.05) is 11.4 Å². The quantitative estimate of drug-likeness (QED) is 0.511. The Kier molecular flexibility index (Phi) is 5.20. The Balaban J connectivity index is 1.66.